The van der Waals surface area contributed by atoms with Crippen molar-refractivity contribution in [2.75, 3.05) is 26.2 Å². The lowest BCUT2D eigenvalue weighted by atomic mass is 9.99. The zero-order valence-corrected chi connectivity index (χ0v) is 15.7. The van der Waals surface area contributed by atoms with Crippen LogP contribution in [0.5, 0.6) is 0 Å². The Labute approximate surface area is 159 Å². The van der Waals surface area contributed by atoms with E-state index in [1.54, 1.807) is 6.92 Å². The van der Waals surface area contributed by atoms with Gasteiger partial charge in [-0.2, -0.15) is 0 Å². The van der Waals surface area contributed by atoms with Crippen LogP contribution in [0.4, 0.5) is 4.79 Å². The third-order valence-corrected chi connectivity index (χ3v) is 5.08. The summed E-state index contributed by atoms with van der Waals surface area (Å²) in [6.07, 6.45) is 3.70. The quantitative estimate of drug-likeness (QED) is 0.612. The third-order valence-electron chi connectivity index (χ3n) is 5.08. The number of hydrogen-bond donors (Lipinski definition) is 1. The van der Waals surface area contributed by atoms with Gasteiger partial charge in [-0.3, -0.25) is 24.8 Å². The van der Waals surface area contributed by atoms with E-state index in [2.05, 4.69) is 15.2 Å². The molecule has 0 aliphatic carbocycles. The maximum absolute atomic E-state index is 12.8. The average molecular weight is 370 g/mol. The molecule has 27 heavy (non-hydrogen) atoms. The van der Waals surface area contributed by atoms with Crippen molar-refractivity contribution in [3.8, 4) is 0 Å². The minimum Gasteiger partial charge on any atom is -0.301 e. The molecule has 1 unspecified atom stereocenters. The standard InChI is InChI=1S/C20H26N4O3/c1-15(21-10-13-23-11-6-3-7-12-23)17-18(25)22-20(27)24(19(17)26)14-16-8-4-2-5-9-16/h2,4-5,8-9,17H,3,6-7,10-14H2,1H3,(H,22,25,27). The molecule has 3 rings (SSSR count). The maximum atomic E-state index is 12.8. The van der Waals surface area contributed by atoms with Crippen molar-refractivity contribution in [3.63, 3.8) is 0 Å². The summed E-state index contributed by atoms with van der Waals surface area (Å²) in [6.45, 7) is 5.36. The number of likely N-dealkylation sites (tertiary alicyclic amines) is 1. The summed E-state index contributed by atoms with van der Waals surface area (Å²) in [5.74, 6) is -2.13. The SMILES string of the molecule is CC(=NCCN1CCCCC1)C1C(=O)NC(=O)N(Cc2ccccc2)C1=O. The van der Waals surface area contributed by atoms with Crippen LogP contribution < -0.4 is 5.32 Å². The number of urea groups is 1. The second-order valence-electron chi connectivity index (χ2n) is 7.06. The van der Waals surface area contributed by atoms with Gasteiger partial charge in [0.2, 0.25) is 11.8 Å². The van der Waals surface area contributed by atoms with Gasteiger partial charge in [-0.15, -0.1) is 0 Å². The first-order chi connectivity index (χ1) is 13.1. The molecule has 2 heterocycles. The molecule has 2 aliphatic heterocycles. The smallest absolute Gasteiger partial charge is 0.301 e. The van der Waals surface area contributed by atoms with E-state index in [0.717, 1.165) is 30.1 Å². The largest absolute Gasteiger partial charge is 0.331 e. The van der Waals surface area contributed by atoms with E-state index < -0.39 is 23.8 Å². The van der Waals surface area contributed by atoms with Crippen molar-refractivity contribution >= 4 is 23.6 Å². The first-order valence-electron chi connectivity index (χ1n) is 9.49. The van der Waals surface area contributed by atoms with Crippen molar-refractivity contribution in [3.05, 3.63) is 35.9 Å². The van der Waals surface area contributed by atoms with Crippen LogP contribution in [0.1, 0.15) is 31.7 Å². The number of imide groups is 2. The van der Waals surface area contributed by atoms with Crippen molar-refractivity contribution in [1.82, 2.24) is 15.1 Å². The molecule has 0 spiro atoms. The summed E-state index contributed by atoms with van der Waals surface area (Å²) in [5.41, 5.74) is 1.29. The molecule has 7 nitrogen and oxygen atoms in total. The molecule has 2 fully saturated rings. The topological polar surface area (TPSA) is 82.1 Å². The Bertz CT molecular complexity index is 726. The number of nitrogens with zero attached hydrogens (tertiary/aromatic N) is 3. The number of carbonyl (C=O) groups is 3. The Kier molecular flexibility index (Phi) is 6.34. The molecular formula is C20H26N4O3. The normalized spacial score (nSPS) is 22.1. The zero-order valence-electron chi connectivity index (χ0n) is 15.7. The van der Waals surface area contributed by atoms with E-state index in [9.17, 15) is 14.4 Å². The number of hydrogen-bond acceptors (Lipinski definition) is 5. The van der Waals surface area contributed by atoms with E-state index in [4.69, 9.17) is 0 Å². The number of aliphatic imine (C=N–C) groups is 1. The molecule has 2 saturated heterocycles. The molecule has 1 atom stereocenters. The fourth-order valence-corrected chi connectivity index (χ4v) is 3.54. The van der Waals surface area contributed by atoms with Gasteiger partial charge in [-0.05, 0) is 38.4 Å². The molecule has 7 heteroatoms. The van der Waals surface area contributed by atoms with Gasteiger partial charge in [0.05, 0.1) is 13.1 Å². The molecule has 1 N–H and O–H groups in total. The van der Waals surface area contributed by atoms with E-state index >= 15 is 0 Å². The van der Waals surface area contributed by atoms with Crippen LogP contribution in [0.15, 0.2) is 35.3 Å². The molecule has 0 saturated carbocycles. The second kappa shape index (κ2) is 8.90. The highest BCUT2D eigenvalue weighted by Crippen LogP contribution is 2.16. The minimum absolute atomic E-state index is 0.135. The van der Waals surface area contributed by atoms with Crippen LogP contribution in [-0.2, 0) is 16.1 Å². The summed E-state index contributed by atoms with van der Waals surface area (Å²) in [5, 5.41) is 2.29. The number of amides is 4. The monoisotopic (exact) mass is 370 g/mol. The van der Waals surface area contributed by atoms with Crippen LogP contribution in [0.25, 0.3) is 0 Å². The highest BCUT2D eigenvalue weighted by atomic mass is 16.2. The fourth-order valence-electron chi connectivity index (χ4n) is 3.54. The lowest BCUT2D eigenvalue weighted by Crippen LogP contribution is -2.59. The lowest BCUT2D eigenvalue weighted by molar-refractivity contribution is -0.139. The number of rotatable bonds is 6. The maximum Gasteiger partial charge on any atom is 0.331 e. The van der Waals surface area contributed by atoms with Crippen LogP contribution in [0.2, 0.25) is 0 Å². The highest BCUT2D eigenvalue weighted by Gasteiger charge is 2.41. The number of nitrogens with one attached hydrogen (secondary N) is 1. The molecule has 4 amide bonds. The van der Waals surface area contributed by atoms with Crippen molar-refractivity contribution in [1.29, 1.82) is 0 Å². The molecule has 0 aromatic heterocycles. The molecular weight excluding hydrogens is 344 g/mol. The van der Waals surface area contributed by atoms with Gasteiger partial charge < -0.3 is 4.90 Å². The summed E-state index contributed by atoms with van der Waals surface area (Å²) < 4.78 is 0. The summed E-state index contributed by atoms with van der Waals surface area (Å²) >= 11 is 0. The third kappa shape index (κ3) is 4.80. The number of barbiturate groups is 1. The molecule has 2 aliphatic rings. The van der Waals surface area contributed by atoms with Gasteiger partial charge in [-0.1, -0.05) is 36.8 Å². The van der Waals surface area contributed by atoms with Gasteiger partial charge in [0.15, 0.2) is 5.92 Å². The molecule has 1 aromatic carbocycles. The van der Waals surface area contributed by atoms with Gasteiger partial charge >= 0.3 is 6.03 Å². The molecule has 0 radical (unpaired) electrons. The van der Waals surface area contributed by atoms with E-state index in [1.165, 1.54) is 19.3 Å². The van der Waals surface area contributed by atoms with Crippen LogP contribution >= 0.6 is 0 Å². The number of benzene rings is 1. The molecule has 144 valence electrons. The summed E-state index contributed by atoms with van der Waals surface area (Å²) in [6, 6.07) is 8.56. The Morgan fingerprint density at radius 3 is 2.52 bits per heavy atom. The predicted octanol–water partition coefficient (Wildman–Crippen LogP) is 1.83. The highest BCUT2D eigenvalue weighted by molar-refractivity contribution is 6.27. The Hall–Kier alpha value is -2.54. The van der Waals surface area contributed by atoms with E-state index in [1.807, 2.05) is 30.3 Å². The zero-order chi connectivity index (χ0) is 19.2. The van der Waals surface area contributed by atoms with E-state index in [-0.39, 0.29) is 6.54 Å². The van der Waals surface area contributed by atoms with Gasteiger partial charge in [0, 0.05) is 12.3 Å². The minimum atomic E-state index is -1.03. The Morgan fingerprint density at radius 1 is 1.11 bits per heavy atom. The molecule has 1 aromatic rings. The predicted molar refractivity (Wildman–Crippen MR) is 102 cm³/mol. The van der Waals surface area contributed by atoms with Crippen molar-refractivity contribution in [2.45, 2.75) is 32.7 Å². The number of carbonyl (C=O) groups excluding carboxylic acids is 3. The van der Waals surface area contributed by atoms with Crippen LogP contribution in [-0.4, -0.2) is 59.5 Å². The van der Waals surface area contributed by atoms with Crippen LogP contribution in [0, 0.1) is 5.92 Å². The lowest BCUT2D eigenvalue weighted by Gasteiger charge is -2.30. The summed E-state index contributed by atoms with van der Waals surface area (Å²) in [7, 11) is 0. The van der Waals surface area contributed by atoms with Crippen LogP contribution in [0.3, 0.4) is 0 Å². The Morgan fingerprint density at radius 2 is 1.81 bits per heavy atom. The Balaban J connectivity index is 1.65. The van der Waals surface area contributed by atoms with Gasteiger partial charge in [0.25, 0.3) is 0 Å². The van der Waals surface area contributed by atoms with Gasteiger partial charge in [0.1, 0.15) is 0 Å². The van der Waals surface area contributed by atoms with Gasteiger partial charge in [-0.25, -0.2) is 4.79 Å². The summed E-state index contributed by atoms with van der Waals surface area (Å²) in [4.78, 5) is 45.1. The average Bonchev–Trinajstić information content (AvgIpc) is 2.67. The first-order valence-corrected chi connectivity index (χ1v) is 9.49. The van der Waals surface area contributed by atoms with Crippen molar-refractivity contribution in [2.24, 2.45) is 10.9 Å². The second-order valence-corrected chi connectivity index (χ2v) is 7.06. The van der Waals surface area contributed by atoms with Crippen molar-refractivity contribution < 1.29 is 14.4 Å². The van der Waals surface area contributed by atoms with E-state index in [0.29, 0.717) is 12.3 Å². The molecule has 0 bridgehead atoms. The fraction of sp³-hybridized carbons (Fsp3) is 0.500. The number of piperidine rings is 1. The first kappa shape index (κ1) is 19.2.